The van der Waals surface area contributed by atoms with Crippen molar-refractivity contribution >= 4 is 43.7 Å². The van der Waals surface area contributed by atoms with E-state index in [1.165, 1.54) is 0 Å². The lowest BCUT2D eigenvalue weighted by Gasteiger charge is -2.15. The summed E-state index contributed by atoms with van der Waals surface area (Å²) in [6, 6.07) is 4.97. The van der Waals surface area contributed by atoms with E-state index >= 15 is 0 Å². The van der Waals surface area contributed by atoms with Crippen molar-refractivity contribution in [3.05, 3.63) is 27.1 Å². The van der Waals surface area contributed by atoms with Gasteiger partial charge in [-0.25, -0.2) is 0 Å². The molecule has 0 aliphatic carbocycles. The van der Waals surface area contributed by atoms with Gasteiger partial charge in [-0.15, -0.1) is 0 Å². The van der Waals surface area contributed by atoms with Crippen LogP contribution >= 0.6 is 31.9 Å². The van der Waals surface area contributed by atoms with E-state index < -0.39 is 5.97 Å². The number of ether oxygens (including phenoxy) is 1. The van der Waals surface area contributed by atoms with Gasteiger partial charge in [0.25, 0.3) is 5.91 Å². The average molecular weight is 409 g/mol. The Morgan fingerprint density at radius 3 is 2.65 bits per heavy atom. The highest BCUT2D eigenvalue weighted by atomic mass is 79.9. The number of amides is 1. The lowest BCUT2D eigenvalue weighted by Crippen LogP contribution is -2.38. The summed E-state index contributed by atoms with van der Waals surface area (Å²) in [7, 11) is 0. The Balaban J connectivity index is 2.48. The molecule has 1 unspecified atom stereocenters. The average Bonchev–Trinajstić information content (AvgIpc) is 2.36. The number of aliphatic carboxylic acids is 1. The Morgan fingerprint density at radius 2 is 2.10 bits per heavy atom. The van der Waals surface area contributed by atoms with Gasteiger partial charge in [-0.05, 0) is 40.5 Å². The van der Waals surface area contributed by atoms with Crippen molar-refractivity contribution in [2.45, 2.75) is 25.8 Å². The number of carbonyl (C=O) groups excluding carboxylic acids is 1. The van der Waals surface area contributed by atoms with E-state index in [0.717, 1.165) is 8.95 Å². The largest absolute Gasteiger partial charge is 0.483 e. The number of carboxylic acid groups (broad SMARTS) is 1. The second-order valence-corrected chi connectivity index (χ2v) is 5.90. The van der Waals surface area contributed by atoms with Gasteiger partial charge in [-0.2, -0.15) is 0 Å². The summed E-state index contributed by atoms with van der Waals surface area (Å²) in [4.78, 5) is 22.3. The van der Waals surface area contributed by atoms with Gasteiger partial charge in [0.1, 0.15) is 5.75 Å². The third kappa shape index (κ3) is 5.92. The van der Waals surface area contributed by atoms with Crippen LogP contribution in [0.25, 0.3) is 0 Å². The van der Waals surface area contributed by atoms with Gasteiger partial charge in [0.2, 0.25) is 0 Å². The van der Waals surface area contributed by atoms with Gasteiger partial charge in [-0.3, -0.25) is 9.59 Å². The summed E-state index contributed by atoms with van der Waals surface area (Å²) in [6.45, 7) is 1.66. The lowest BCUT2D eigenvalue weighted by molar-refractivity contribution is -0.137. The molecule has 110 valence electrons. The van der Waals surface area contributed by atoms with Crippen molar-refractivity contribution in [2.75, 3.05) is 6.61 Å². The van der Waals surface area contributed by atoms with E-state index in [1.54, 1.807) is 12.1 Å². The van der Waals surface area contributed by atoms with Crippen LogP contribution < -0.4 is 10.1 Å². The van der Waals surface area contributed by atoms with Crippen molar-refractivity contribution in [1.82, 2.24) is 5.32 Å². The van der Waals surface area contributed by atoms with Crippen molar-refractivity contribution in [3.63, 3.8) is 0 Å². The van der Waals surface area contributed by atoms with Gasteiger partial charge in [0.15, 0.2) is 6.61 Å². The number of carboxylic acids is 1. The van der Waals surface area contributed by atoms with E-state index in [9.17, 15) is 9.59 Å². The van der Waals surface area contributed by atoms with Crippen LogP contribution in [0, 0.1) is 0 Å². The Morgan fingerprint density at radius 1 is 1.40 bits per heavy atom. The molecule has 20 heavy (non-hydrogen) atoms. The zero-order valence-electron chi connectivity index (χ0n) is 10.9. The van der Waals surface area contributed by atoms with E-state index in [1.807, 2.05) is 13.0 Å². The van der Waals surface area contributed by atoms with Crippen LogP contribution in [0.3, 0.4) is 0 Å². The zero-order valence-corrected chi connectivity index (χ0v) is 14.0. The number of nitrogens with one attached hydrogen (secondary N) is 1. The van der Waals surface area contributed by atoms with E-state index in [4.69, 9.17) is 9.84 Å². The Kier molecular flexibility index (Phi) is 7.01. The quantitative estimate of drug-likeness (QED) is 0.727. The number of halogens is 2. The van der Waals surface area contributed by atoms with Crippen LogP contribution in [0.2, 0.25) is 0 Å². The number of rotatable bonds is 7. The summed E-state index contributed by atoms with van der Waals surface area (Å²) in [5, 5.41) is 11.3. The molecule has 2 N–H and O–H groups in total. The molecule has 0 spiro atoms. The van der Waals surface area contributed by atoms with Gasteiger partial charge >= 0.3 is 5.97 Å². The van der Waals surface area contributed by atoms with E-state index in [-0.39, 0.29) is 25.0 Å². The Labute approximate surface area is 134 Å². The highest BCUT2D eigenvalue weighted by Gasteiger charge is 2.14. The summed E-state index contributed by atoms with van der Waals surface area (Å²) < 4.78 is 7.01. The minimum atomic E-state index is -0.936. The fourth-order valence-electron chi connectivity index (χ4n) is 1.51. The third-order valence-electron chi connectivity index (χ3n) is 2.53. The molecule has 1 aromatic carbocycles. The molecule has 0 saturated heterocycles. The number of carbonyl (C=O) groups is 2. The van der Waals surface area contributed by atoms with E-state index in [2.05, 4.69) is 37.2 Å². The monoisotopic (exact) mass is 407 g/mol. The molecule has 0 aliphatic rings. The van der Waals surface area contributed by atoms with Gasteiger partial charge in [0.05, 0.1) is 10.9 Å². The molecule has 1 amide bonds. The van der Waals surface area contributed by atoms with Gasteiger partial charge < -0.3 is 15.2 Å². The Hall–Kier alpha value is -1.08. The summed E-state index contributed by atoms with van der Waals surface area (Å²) in [5.74, 6) is -0.726. The molecular formula is C13H15Br2NO4. The first-order valence-electron chi connectivity index (χ1n) is 6.01. The number of benzene rings is 1. The zero-order chi connectivity index (χ0) is 15.1. The molecule has 5 nitrogen and oxygen atoms in total. The topological polar surface area (TPSA) is 75.6 Å². The van der Waals surface area contributed by atoms with Crippen LogP contribution in [0.15, 0.2) is 27.1 Å². The molecule has 0 aliphatic heterocycles. The molecule has 0 radical (unpaired) electrons. The summed E-state index contributed by atoms with van der Waals surface area (Å²) in [6.07, 6.45) is 0.463. The van der Waals surface area contributed by atoms with Crippen LogP contribution in [0.5, 0.6) is 5.75 Å². The maximum Gasteiger partial charge on any atom is 0.305 e. The first kappa shape index (κ1) is 17.0. The van der Waals surface area contributed by atoms with E-state index in [0.29, 0.717) is 12.2 Å². The maximum absolute atomic E-state index is 11.7. The first-order chi connectivity index (χ1) is 9.42. The van der Waals surface area contributed by atoms with Crippen LogP contribution in [0.1, 0.15) is 19.8 Å². The molecule has 1 atom stereocenters. The smallest absolute Gasteiger partial charge is 0.305 e. The van der Waals surface area contributed by atoms with Crippen LogP contribution in [-0.2, 0) is 9.59 Å². The molecule has 1 rings (SSSR count). The molecule has 0 fully saturated rings. The molecule has 0 saturated carbocycles. The first-order valence-corrected chi connectivity index (χ1v) is 7.60. The predicted octanol–water partition coefficient (Wildman–Crippen LogP) is 2.96. The van der Waals surface area contributed by atoms with Crippen molar-refractivity contribution < 1.29 is 19.4 Å². The normalized spacial score (nSPS) is 11.8. The highest BCUT2D eigenvalue weighted by molar-refractivity contribution is 9.11. The SMILES string of the molecule is CCC(CC(=O)O)NC(=O)COc1ccc(Br)cc1Br. The summed E-state index contributed by atoms with van der Waals surface area (Å²) in [5.41, 5.74) is 0. The third-order valence-corrected chi connectivity index (χ3v) is 3.64. The minimum Gasteiger partial charge on any atom is -0.483 e. The second-order valence-electron chi connectivity index (χ2n) is 4.13. The predicted molar refractivity (Wildman–Crippen MR) is 81.8 cm³/mol. The standard InChI is InChI=1S/C13H15Br2NO4/c1-2-9(6-13(18)19)16-12(17)7-20-11-4-3-8(14)5-10(11)15/h3-5,9H,2,6-7H2,1H3,(H,16,17)(H,18,19). The van der Waals surface area contributed by atoms with Crippen LogP contribution in [-0.4, -0.2) is 29.6 Å². The summed E-state index contributed by atoms with van der Waals surface area (Å²) >= 11 is 6.65. The van der Waals surface area contributed by atoms with Crippen LogP contribution in [0.4, 0.5) is 0 Å². The van der Waals surface area contributed by atoms with Gasteiger partial charge in [0, 0.05) is 10.5 Å². The fourth-order valence-corrected chi connectivity index (χ4v) is 2.67. The van der Waals surface area contributed by atoms with Crippen molar-refractivity contribution in [2.24, 2.45) is 0 Å². The number of hydrogen-bond acceptors (Lipinski definition) is 3. The molecular weight excluding hydrogens is 394 g/mol. The Bertz CT molecular complexity index is 493. The fraction of sp³-hybridized carbons (Fsp3) is 0.385. The minimum absolute atomic E-state index is 0.0930. The van der Waals surface area contributed by atoms with Crippen molar-refractivity contribution in [1.29, 1.82) is 0 Å². The molecule has 0 aromatic heterocycles. The maximum atomic E-state index is 11.7. The van der Waals surface area contributed by atoms with Gasteiger partial charge in [-0.1, -0.05) is 22.9 Å². The number of hydrogen-bond donors (Lipinski definition) is 2. The van der Waals surface area contributed by atoms with Crippen molar-refractivity contribution in [3.8, 4) is 5.75 Å². The lowest BCUT2D eigenvalue weighted by atomic mass is 10.1. The molecule has 0 bridgehead atoms. The molecule has 1 aromatic rings. The molecule has 7 heteroatoms. The molecule has 0 heterocycles. The second kappa shape index (κ2) is 8.26. The highest BCUT2D eigenvalue weighted by Crippen LogP contribution is 2.28.